The average molecular weight is 496 g/mol. The zero-order valence-electron chi connectivity index (χ0n) is 19.9. The third-order valence-corrected chi connectivity index (χ3v) is 6.07. The molecule has 0 spiro atoms. The molecule has 0 radical (unpaired) electrons. The van der Waals surface area contributed by atoms with Crippen molar-refractivity contribution in [2.45, 2.75) is 38.0 Å². The van der Waals surface area contributed by atoms with Crippen LogP contribution < -0.4 is 15.2 Å². The summed E-state index contributed by atoms with van der Waals surface area (Å²) in [5.41, 5.74) is 8.29. The molecule has 1 unspecified atom stereocenters. The summed E-state index contributed by atoms with van der Waals surface area (Å²) in [7, 11) is 0. The summed E-state index contributed by atoms with van der Waals surface area (Å²) in [6, 6.07) is 16.4. The van der Waals surface area contributed by atoms with Gasteiger partial charge in [-0.1, -0.05) is 36.4 Å². The Morgan fingerprint density at radius 3 is 2.72 bits per heavy atom. The largest absolute Gasteiger partial charge is 0.491 e. The molecule has 7 nitrogen and oxygen atoms in total. The fraction of sp³-hybridized carbons (Fsp3) is 0.321. The Bertz CT molecular complexity index is 1190. The molecule has 190 valence electrons. The Kier molecular flexibility index (Phi) is 8.53. The van der Waals surface area contributed by atoms with Crippen LogP contribution in [0.25, 0.3) is 11.1 Å². The van der Waals surface area contributed by atoms with Gasteiger partial charge >= 0.3 is 5.97 Å². The van der Waals surface area contributed by atoms with Crippen molar-refractivity contribution in [1.29, 1.82) is 0 Å². The van der Waals surface area contributed by atoms with Crippen LogP contribution in [-0.4, -0.2) is 42.1 Å². The number of carboxylic acids is 1. The van der Waals surface area contributed by atoms with Gasteiger partial charge in [0.05, 0.1) is 25.2 Å². The SMILES string of the molecule is N[C@H](CO)c1cccc(-c2cc(COc3ccccc3CC(=O)O)cc(OCC3CCCO3)c2)c1F. The molecule has 1 aliphatic heterocycles. The van der Waals surface area contributed by atoms with Gasteiger partial charge in [-0.3, -0.25) is 4.79 Å². The molecule has 3 aromatic rings. The van der Waals surface area contributed by atoms with Crippen molar-refractivity contribution in [2.75, 3.05) is 19.8 Å². The number of para-hydroxylation sites is 1. The van der Waals surface area contributed by atoms with E-state index in [0.717, 1.165) is 18.4 Å². The molecule has 1 fully saturated rings. The van der Waals surface area contributed by atoms with Gasteiger partial charge in [-0.2, -0.15) is 0 Å². The normalized spacial score (nSPS) is 16.0. The molecule has 0 saturated carbocycles. The molecular weight excluding hydrogens is 465 g/mol. The van der Waals surface area contributed by atoms with Crippen molar-refractivity contribution in [2.24, 2.45) is 5.73 Å². The van der Waals surface area contributed by atoms with Crippen LogP contribution in [0.15, 0.2) is 60.7 Å². The predicted octanol–water partition coefficient (Wildman–Crippen LogP) is 4.25. The lowest BCUT2D eigenvalue weighted by Crippen LogP contribution is -2.17. The number of hydrogen-bond donors (Lipinski definition) is 3. The van der Waals surface area contributed by atoms with E-state index in [-0.39, 0.29) is 31.3 Å². The third kappa shape index (κ3) is 6.40. The molecule has 4 N–H and O–H groups in total. The minimum atomic E-state index is -0.950. The van der Waals surface area contributed by atoms with Gasteiger partial charge in [0.15, 0.2) is 0 Å². The summed E-state index contributed by atoms with van der Waals surface area (Å²) in [5, 5.41) is 18.6. The number of rotatable bonds is 11. The van der Waals surface area contributed by atoms with Gasteiger partial charge in [0, 0.05) is 23.3 Å². The maximum absolute atomic E-state index is 15.4. The van der Waals surface area contributed by atoms with Crippen LogP contribution in [0.5, 0.6) is 11.5 Å². The molecule has 0 bridgehead atoms. The van der Waals surface area contributed by atoms with Crippen LogP contribution >= 0.6 is 0 Å². The van der Waals surface area contributed by atoms with E-state index in [1.54, 1.807) is 54.6 Å². The molecule has 4 rings (SSSR count). The standard InChI is InChI=1S/C28H30FNO6/c29-28-23(7-3-8-24(28)25(30)15-31)20-11-18(12-22(13-20)35-17-21-6-4-10-34-21)16-36-26-9-2-1-5-19(26)14-27(32)33/h1-3,5,7-9,11-13,21,25,31H,4,6,10,14-17,30H2,(H,32,33)/t21?,25-/m1/s1. The fourth-order valence-corrected chi connectivity index (χ4v) is 4.22. The average Bonchev–Trinajstić information content (AvgIpc) is 3.40. The zero-order chi connectivity index (χ0) is 25.5. The monoisotopic (exact) mass is 495 g/mol. The molecule has 36 heavy (non-hydrogen) atoms. The lowest BCUT2D eigenvalue weighted by molar-refractivity contribution is -0.136. The highest BCUT2D eigenvalue weighted by Crippen LogP contribution is 2.32. The minimum absolute atomic E-state index is 0.0128. The van der Waals surface area contributed by atoms with Crippen LogP contribution in [0, 0.1) is 5.82 Å². The number of nitrogens with two attached hydrogens (primary N) is 1. The zero-order valence-corrected chi connectivity index (χ0v) is 19.9. The van der Waals surface area contributed by atoms with Gasteiger partial charge in [-0.25, -0.2) is 4.39 Å². The smallest absolute Gasteiger partial charge is 0.307 e. The van der Waals surface area contributed by atoms with Crippen molar-refractivity contribution in [3.63, 3.8) is 0 Å². The Morgan fingerprint density at radius 2 is 1.97 bits per heavy atom. The van der Waals surface area contributed by atoms with Crippen LogP contribution in [-0.2, 0) is 22.6 Å². The number of hydrogen-bond acceptors (Lipinski definition) is 6. The Labute approximate surface area is 209 Å². The quantitative estimate of drug-likeness (QED) is 0.365. The van der Waals surface area contributed by atoms with Crippen LogP contribution in [0.1, 0.15) is 35.6 Å². The van der Waals surface area contributed by atoms with Crippen molar-refractivity contribution in [3.05, 3.63) is 83.2 Å². The van der Waals surface area contributed by atoms with Crippen molar-refractivity contribution in [1.82, 2.24) is 0 Å². The molecule has 1 saturated heterocycles. The second-order valence-electron chi connectivity index (χ2n) is 8.78. The number of benzene rings is 3. The number of aliphatic hydroxyl groups excluding tert-OH is 1. The lowest BCUT2D eigenvalue weighted by atomic mass is 9.97. The fourth-order valence-electron chi connectivity index (χ4n) is 4.22. The van der Waals surface area contributed by atoms with Crippen LogP contribution in [0.4, 0.5) is 4.39 Å². The molecule has 1 heterocycles. The predicted molar refractivity (Wildman–Crippen MR) is 132 cm³/mol. The summed E-state index contributed by atoms with van der Waals surface area (Å²) in [6.07, 6.45) is 1.77. The number of aliphatic carboxylic acids is 1. The van der Waals surface area contributed by atoms with Crippen molar-refractivity contribution < 1.29 is 33.6 Å². The molecule has 8 heteroatoms. The Hall–Kier alpha value is -3.46. The van der Waals surface area contributed by atoms with E-state index < -0.39 is 17.8 Å². The molecule has 1 aliphatic rings. The lowest BCUT2D eigenvalue weighted by Gasteiger charge is -2.17. The van der Waals surface area contributed by atoms with E-state index in [2.05, 4.69) is 0 Å². The first kappa shape index (κ1) is 25.6. The van der Waals surface area contributed by atoms with Crippen LogP contribution in [0.2, 0.25) is 0 Å². The van der Waals surface area contributed by atoms with E-state index in [1.165, 1.54) is 0 Å². The van der Waals surface area contributed by atoms with Gasteiger partial charge < -0.3 is 30.2 Å². The van der Waals surface area contributed by atoms with Crippen molar-refractivity contribution in [3.8, 4) is 22.6 Å². The molecule has 3 aromatic carbocycles. The first-order valence-electron chi connectivity index (χ1n) is 11.9. The van der Waals surface area contributed by atoms with Crippen molar-refractivity contribution >= 4 is 5.97 Å². The number of ether oxygens (including phenoxy) is 3. The molecular formula is C28H30FNO6. The highest BCUT2D eigenvalue weighted by molar-refractivity contribution is 5.71. The second-order valence-corrected chi connectivity index (χ2v) is 8.78. The summed E-state index contributed by atoms with van der Waals surface area (Å²) in [4.78, 5) is 11.2. The summed E-state index contributed by atoms with van der Waals surface area (Å²) in [5.74, 6) is -0.450. The van der Waals surface area contributed by atoms with Crippen LogP contribution in [0.3, 0.4) is 0 Å². The van der Waals surface area contributed by atoms with E-state index in [4.69, 9.17) is 19.9 Å². The second kappa shape index (κ2) is 12.0. The minimum Gasteiger partial charge on any atom is -0.491 e. The van der Waals surface area contributed by atoms with Gasteiger partial charge in [-0.15, -0.1) is 0 Å². The highest BCUT2D eigenvalue weighted by atomic mass is 19.1. The van der Waals surface area contributed by atoms with E-state index in [0.29, 0.717) is 41.4 Å². The Morgan fingerprint density at radius 1 is 1.14 bits per heavy atom. The number of aliphatic hydroxyl groups is 1. The summed E-state index contributed by atoms with van der Waals surface area (Å²) < 4.78 is 33.0. The maximum Gasteiger partial charge on any atom is 0.307 e. The number of halogens is 1. The molecule has 0 amide bonds. The molecule has 0 aliphatic carbocycles. The van der Waals surface area contributed by atoms with Gasteiger partial charge in [0.2, 0.25) is 0 Å². The van der Waals surface area contributed by atoms with E-state index in [1.807, 2.05) is 6.07 Å². The van der Waals surface area contributed by atoms with Gasteiger partial charge in [0.1, 0.15) is 30.5 Å². The highest BCUT2D eigenvalue weighted by Gasteiger charge is 2.19. The van der Waals surface area contributed by atoms with E-state index in [9.17, 15) is 15.0 Å². The number of carbonyl (C=O) groups is 1. The molecule has 2 atom stereocenters. The first-order valence-corrected chi connectivity index (χ1v) is 11.9. The topological polar surface area (TPSA) is 111 Å². The van der Waals surface area contributed by atoms with Gasteiger partial charge in [-0.05, 0) is 48.2 Å². The summed E-state index contributed by atoms with van der Waals surface area (Å²) in [6.45, 7) is 0.840. The Balaban J connectivity index is 1.64. The number of carboxylic acid groups (broad SMARTS) is 1. The van der Waals surface area contributed by atoms with E-state index >= 15 is 4.39 Å². The maximum atomic E-state index is 15.4. The molecule has 0 aromatic heterocycles. The first-order chi connectivity index (χ1) is 17.4. The summed E-state index contributed by atoms with van der Waals surface area (Å²) >= 11 is 0. The third-order valence-electron chi connectivity index (χ3n) is 6.07. The van der Waals surface area contributed by atoms with Gasteiger partial charge in [0.25, 0.3) is 0 Å².